The average Bonchev–Trinajstić information content (AvgIpc) is 3.26. The summed E-state index contributed by atoms with van der Waals surface area (Å²) < 4.78 is 12.6. The number of benzene rings is 1. The summed E-state index contributed by atoms with van der Waals surface area (Å²) in [7, 11) is 3.17. The van der Waals surface area contributed by atoms with Crippen LogP contribution in [0.25, 0.3) is 0 Å². The Hall–Kier alpha value is -2.80. The quantitative estimate of drug-likeness (QED) is 0.414. The van der Waals surface area contributed by atoms with Crippen molar-refractivity contribution in [2.45, 2.75) is 59.7 Å². The molecule has 1 aromatic carbocycles. The van der Waals surface area contributed by atoms with Gasteiger partial charge in [0.1, 0.15) is 12.4 Å². The Morgan fingerprint density at radius 3 is 2.47 bits per heavy atom. The minimum Gasteiger partial charge on any atom is -0.497 e. The van der Waals surface area contributed by atoms with Gasteiger partial charge in [0.25, 0.3) is 0 Å². The van der Waals surface area contributed by atoms with Gasteiger partial charge in [-0.25, -0.2) is 0 Å². The zero-order chi connectivity index (χ0) is 25.1. The lowest BCUT2D eigenvalue weighted by molar-refractivity contribution is -0.144. The number of hydrogen-bond acceptors (Lipinski definition) is 4. The first-order valence-electron chi connectivity index (χ1n) is 12.1. The molecule has 1 unspecified atom stereocenters. The molecule has 0 aliphatic carbocycles. The largest absolute Gasteiger partial charge is 0.497 e. The van der Waals surface area contributed by atoms with E-state index in [9.17, 15) is 9.59 Å². The van der Waals surface area contributed by atoms with Crippen LogP contribution < -0.4 is 4.74 Å². The van der Waals surface area contributed by atoms with Crippen molar-refractivity contribution in [2.24, 2.45) is 5.92 Å². The van der Waals surface area contributed by atoms with Gasteiger partial charge in [-0.2, -0.15) is 0 Å². The van der Waals surface area contributed by atoms with Crippen LogP contribution in [0, 0.1) is 5.92 Å². The van der Waals surface area contributed by atoms with Crippen LogP contribution in [0.15, 0.2) is 42.6 Å². The minimum atomic E-state index is -0.151. The van der Waals surface area contributed by atoms with Gasteiger partial charge in [0.15, 0.2) is 0 Å². The highest BCUT2D eigenvalue weighted by Gasteiger charge is 2.25. The molecule has 1 atom stereocenters. The van der Waals surface area contributed by atoms with Crippen LogP contribution in [0.1, 0.15) is 51.8 Å². The SMILES string of the molecule is CCC(C)N(Cc1cccn1Cc1cccc(OC)c1)C(=O)CN(CCC(C)C)C(=O)COC. The Balaban J connectivity index is 2.18. The minimum absolute atomic E-state index is 0.0158. The van der Waals surface area contributed by atoms with Crippen LogP contribution in [-0.4, -0.2) is 66.1 Å². The van der Waals surface area contributed by atoms with Crippen molar-refractivity contribution in [1.29, 1.82) is 0 Å². The van der Waals surface area contributed by atoms with E-state index in [1.54, 1.807) is 12.0 Å². The van der Waals surface area contributed by atoms with E-state index in [0.717, 1.165) is 29.8 Å². The molecule has 0 saturated carbocycles. The fraction of sp³-hybridized carbons (Fsp3) is 0.556. The van der Waals surface area contributed by atoms with E-state index in [1.165, 1.54) is 7.11 Å². The summed E-state index contributed by atoms with van der Waals surface area (Å²) in [4.78, 5) is 29.6. The lowest BCUT2D eigenvalue weighted by Crippen LogP contribution is -2.47. The molecule has 0 spiro atoms. The van der Waals surface area contributed by atoms with Crippen molar-refractivity contribution in [3.8, 4) is 5.75 Å². The number of amides is 2. The number of aromatic nitrogens is 1. The smallest absolute Gasteiger partial charge is 0.249 e. The van der Waals surface area contributed by atoms with E-state index >= 15 is 0 Å². The van der Waals surface area contributed by atoms with Gasteiger partial charge in [-0.15, -0.1) is 0 Å². The van der Waals surface area contributed by atoms with Crippen LogP contribution in [0.4, 0.5) is 0 Å². The van der Waals surface area contributed by atoms with Gasteiger partial charge in [-0.1, -0.05) is 32.9 Å². The Labute approximate surface area is 204 Å². The molecule has 2 aromatic rings. The van der Waals surface area contributed by atoms with Crippen molar-refractivity contribution in [3.05, 3.63) is 53.9 Å². The molecule has 0 fully saturated rings. The fourth-order valence-corrected chi connectivity index (χ4v) is 3.77. The fourth-order valence-electron chi connectivity index (χ4n) is 3.77. The molecule has 7 nitrogen and oxygen atoms in total. The predicted molar refractivity (Wildman–Crippen MR) is 135 cm³/mol. The lowest BCUT2D eigenvalue weighted by atomic mass is 10.1. The average molecular weight is 472 g/mol. The Morgan fingerprint density at radius 1 is 1.06 bits per heavy atom. The zero-order valence-electron chi connectivity index (χ0n) is 21.6. The Bertz CT molecular complexity index is 909. The summed E-state index contributed by atoms with van der Waals surface area (Å²) in [5, 5.41) is 0. The first-order chi connectivity index (χ1) is 16.3. The third-order valence-corrected chi connectivity index (χ3v) is 6.11. The number of hydrogen-bond donors (Lipinski definition) is 0. The molecule has 0 aliphatic heterocycles. The molecule has 2 rings (SSSR count). The van der Waals surface area contributed by atoms with Gasteiger partial charge in [0.05, 0.1) is 20.2 Å². The standard InChI is InChI=1S/C27H41N3O4/c1-7-22(4)30(26(31)19-29(15-13-21(2)3)27(32)20-33-5)18-24-11-9-14-28(24)17-23-10-8-12-25(16-23)34-6/h8-12,14,16,21-22H,7,13,15,17-20H2,1-6H3. The maximum Gasteiger partial charge on any atom is 0.249 e. The number of rotatable bonds is 14. The van der Waals surface area contributed by atoms with Crippen molar-refractivity contribution >= 4 is 11.8 Å². The van der Waals surface area contributed by atoms with Crippen molar-refractivity contribution in [1.82, 2.24) is 14.4 Å². The highest BCUT2D eigenvalue weighted by atomic mass is 16.5. The van der Waals surface area contributed by atoms with E-state index < -0.39 is 0 Å². The van der Waals surface area contributed by atoms with E-state index in [2.05, 4.69) is 44.4 Å². The van der Waals surface area contributed by atoms with Crippen LogP contribution in [0.5, 0.6) is 5.75 Å². The molecule has 0 radical (unpaired) electrons. The molecular weight excluding hydrogens is 430 g/mol. The third-order valence-electron chi connectivity index (χ3n) is 6.11. The second kappa shape index (κ2) is 13.8. The molecule has 7 heteroatoms. The molecular formula is C27H41N3O4. The third kappa shape index (κ3) is 8.20. The van der Waals surface area contributed by atoms with E-state index in [4.69, 9.17) is 9.47 Å². The molecule has 0 aliphatic rings. The van der Waals surface area contributed by atoms with Gasteiger partial charge in [-0.05, 0) is 55.5 Å². The van der Waals surface area contributed by atoms with E-state index in [-0.39, 0.29) is 31.0 Å². The van der Waals surface area contributed by atoms with E-state index in [1.807, 2.05) is 35.4 Å². The molecule has 1 aromatic heterocycles. The maximum absolute atomic E-state index is 13.5. The number of methoxy groups -OCH3 is 2. The number of carbonyl (C=O) groups excluding carboxylic acids is 2. The monoisotopic (exact) mass is 471 g/mol. The van der Waals surface area contributed by atoms with Crippen LogP contribution in [0.3, 0.4) is 0 Å². The van der Waals surface area contributed by atoms with Crippen molar-refractivity contribution in [3.63, 3.8) is 0 Å². The summed E-state index contributed by atoms with van der Waals surface area (Å²) >= 11 is 0. The Morgan fingerprint density at radius 2 is 1.82 bits per heavy atom. The highest BCUT2D eigenvalue weighted by Crippen LogP contribution is 2.18. The van der Waals surface area contributed by atoms with Crippen molar-refractivity contribution < 1.29 is 19.1 Å². The highest BCUT2D eigenvalue weighted by molar-refractivity contribution is 5.85. The number of carbonyl (C=O) groups is 2. The first kappa shape index (κ1) is 27.4. The van der Waals surface area contributed by atoms with Gasteiger partial charge in [0.2, 0.25) is 11.8 Å². The van der Waals surface area contributed by atoms with Gasteiger partial charge < -0.3 is 23.8 Å². The second-order valence-electron chi connectivity index (χ2n) is 9.19. The molecule has 1 heterocycles. The molecule has 2 amide bonds. The van der Waals surface area contributed by atoms with Crippen LogP contribution >= 0.6 is 0 Å². The molecule has 0 N–H and O–H groups in total. The lowest BCUT2D eigenvalue weighted by Gasteiger charge is -2.32. The zero-order valence-corrected chi connectivity index (χ0v) is 21.6. The topological polar surface area (TPSA) is 64.0 Å². The molecule has 188 valence electrons. The summed E-state index contributed by atoms with van der Waals surface area (Å²) in [6.45, 7) is 10.1. The van der Waals surface area contributed by atoms with Gasteiger partial charge in [-0.3, -0.25) is 9.59 Å². The first-order valence-corrected chi connectivity index (χ1v) is 12.1. The van der Waals surface area contributed by atoms with Gasteiger partial charge in [0, 0.05) is 38.1 Å². The number of ether oxygens (including phenoxy) is 2. The molecule has 0 saturated heterocycles. The summed E-state index contributed by atoms with van der Waals surface area (Å²) in [5.74, 6) is 1.07. The molecule has 0 bridgehead atoms. The number of nitrogens with zero attached hydrogens (tertiary/aromatic N) is 3. The summed E-state index contributed by atoms with van der Waals surface area (Å²) in [6, 6.07) is 12.1. The Kier molecular flexibility index (Phi) is 11.1. The second-order valence-corrected chi connectivity index (χ2v) is 9.19. The summed E-state index contributed by atoms with van der Waals surface area (Å²) in [5.41, 5.74) is 2.18. The van der Waals surface area contributed by atoms with E-state index in [0.29, 0.717) is 25.6 Å². The van der Waals surface area contributed by atoms with Gasteiger partial charge >= 0.3 is 0 Å². The van der Waals surface area contributed by atoms with Crippen LogP contribution in [-0.2, 0) is 27.4 Å². The predicted octanol–water partition coefficient (Wildman–Crippen LogP) is 4.19. The molecule has 34 heavy (non-hydrogen) atoms. The van der Waals surface area contributed by atoms with Crippen LogP contribution in [0.2, 0.25) is 0 Å². The maximum atomic E-state index is 13.5. The van der Waals surface area contributed by atoms with Crippen molar-refractivity contribution in [2.75, 3.05) is 33.9 Å². The summed E-state index contributed by atoms with van der Waals surface area (Å²) in [6.07, 6.45) is 3.71. The normalized spacial score (nSPS) is 12.0.